The van der Waals surface area contributed by atoms with Gasteiger partial charge in [0.15, 0.2) is 0 Å². The van der Waals surface area contributed by atoms with Crippen LogP contribution in [0.5, 0.6) is 0 Å². The summed E-state index contributed by atoms with van der Waals surface area (Å²) in [6.45, 7) is 6.15. The van der Waals surface area contributed by atoms with Crippen LogP contribution >= 0.6 is 0 Å². The summed E-state index contributed by atoms with van der Waals surface area (Å²) in [7, 11) is 0. The molecule has 1 amide bonds. The van der Waals surface area contributed by atoms with Crippen LogP contribution in [0, 0.1) is 0 Å². The number of hydrogen-bond acceptors (Lipinski definition) is 3. The highest BCUT2D eigenvalue weighted by molar-refractivity contribution is 5.98. The molecule has 11 heavy (non-hydrogen) atoms. The van der Waals surface area contributed by atoms with Crippen LogP contribution in [0.4, 0.5) is 0 Å². The lowest BCUT2D eigenvalue weighted by Crippen LogP contribution is -2.30. The number of carboxylic acids is 1. The van der Waals surface area contributed by atoms with E-state index >= 15 is 0 Å². The molecule has 5 heteroatoms. The van der Waals surface area contributed by atoms with E-state index in [4.69, 9.17) is 10.8 Å². The molecule has 0 saturated carbocycles. The SMILES string of the molecule is C=C(N)C(=O)NC(=C)C(=O)O. The summed E-state index contributed by atoms with van der Waals surface area (Å²) in [5.41, 5.74) is 4.26. The molecule has 0 spiro atoms. The van der Waals surface area contributed by atoms with Gasteiger partial charge >= 0.3 is 5.97 Å². The summed E-state index contributed by atoms with van der Waals surface area (Å²) >= 11 is 0. The minimum atomic E-state index is -1.31. The van der Waals surface area contributed by atoms with Gasteiger partial charge in [0, 0.05) is 0 Å². The predicted molar refractivity (Wildman–Crippen MR) is 38.2 cm³/mol. The molecule has 0 saturated heterocycles. The van der Waals surface area contributed by atoms with E-state index < -0.39 is 17.6 Å². The zero-order chi connectivity index (χ0) is 9.02. The molecule has 4 N–H and O–H groups in total. The van der Waals surface area contributed by atoms with Crippen LogP contribution in [0.2, 0.25) is 0 Å². The Kier molecular flexibility index (Phi) is 2.85. The monoisotopic (exact) mass is 156 g/mol. The molecule has 0 aromatic carbocycles. The van der Waals surface area contributed by atoms with Crippen molar-refractivity contribution in [2.75, 3.05) is 0 Å². The average molecular weight is 156 g/mol. The second-order valence-electron chi connectivity index (χ2n) is 1.76. The van der Waals surface area contributed by atoms with E-state index in [2.05, 4.69) is 13.2 Å². The van der Waals surface area contributed by atoms with Gasteiger partial charge in [0.25, 0.3) is 5.91 Å². The lowest BCUT2D eigenvalue weighted by atomic mass is 10.4. The number of carbonyl (C=O) groups excluding carboxylic acids is 1. The highest BCUT2D eigenvalue weighted by atomic mass is 16.4. The second-order valence-corrected chi connectivity index (χ2v) is 1.76. The minimum Gasteiger partial charge on any atom is -0.477 e. The van der Waals surface area contributed by atoms with Crippen molar-refractivity contribution < 1.29 is 14.7 Å². The Morgan fingerprint density at radius 2 is 1.82 bits per heavy atom. The molecule has 0 heterocycles. The summed E-state index contributed by atoms with van der Waals surface area (Å²) in [4.78, 5) is 20.7. The molecule has 0 unspecified atom stereocenters. The Hall–Kier alpha value is -1.78. The first kappa shape index (κ1) is 9.22. The van der Waals surface area contributed by atoms with Crippen LogP contribution in [0.25, 0.3) is 0 Å². The summed E-state index contributed by atoms with van der Waals surface area (Å²) in [6.07, 6.45) is 0. The maximum Gasteiger partial charge on any atom is 0.351 e. The van der Waals surface area contributed by atoms with Crippen LogP contribution in [0.15, 0.2) is 24.6 Å². The fraction of sp³-hybridized carbons (Fsp3) is 0. The first-order chi connectivity index (χ1) is 4.95. The number of carbonyl (C=O) groups is 2. The van der Waals surface area contributed by atoms with Gasteiger partial charge in [-0.15, -0.1) is 0 Å². The summed E-state index contributed by atoms with van der Waals surface area (Å²) in [5.74, 6) is -2.06. The van der Waals surface area contributed by atoms with Crippen LogP contribution in [-0.4, -0.2) is 17.0 Å². The predicted octanol–water partition coefficient (Wildman–Crippen LogP) is -0.827. The zero-order valence-electron chi connectivity index (χ0n) is 5.76. The van der Waals surface area contributed by atoms with Gasteiger partial charge in [-0.2, -0.15) is 0 Å². The van der Waals surface area contributed by atoms with E-state index in [1.54, 1.807) is 0 Å². The molecule has 0 fully saturated rings. The molecular weight excluding hydrogens is 148 g/mol. The fourth-order valence-corrected chi connectivity index (χ4v) is 0.271. The van der Waals surface area contributed by atoms with Crippen LogP contribution in [0.3, 0.4) is 0 Å². The molecule has 0 atom stereocenters. The van der Waals surface area contributed by atoms with Gasteiger partial charge in [0.2, 0.25) is 0 Å². The number of aliphatic carboxylic acids is 1. The number of nitrogens with two attached hydrogens (primary N) is 1. The maximum atomic E-state index is 10.6. The molecule has 0 aromatic rings. The summed E-state index contributed by atoms with van der Waals surface area (Å²) in [6, 6.07) is 0. The molecule has 5 nitrogen and oxygen atoms in total. The van der Waals surface area contributed by atoms with Crippen molar-refractivity contribution in [3.05, 3.63) is 24.6 Å². The molecule has 0 aliphatic heterocycles. The maximum absolute atomic E-state index is 10.6. The van der Waals surface area contributed by atoms with Crippen molar-refractivity contribution >= 4 is 11.9 Å². The van der Waals surface area contributed by atoms with Crippen molar-refractivity contribution in [1.82, 2.24) is 5.32 Å². The third-order valence-corrected chi connectivity index (χ3v) is 0.814. The topological polar surface area (TPSA) is 92.4 Å². The van der Waals surface area contributed by atoms with E-state index in [-0.39, 0.29) is 5.70 Å². The Morgan fingerprint density at radius 3 is 2.09 bits per heavy atom. The summed E-state index contributed by atoms with van der Waals surface area (Å²) < 4.78 is 0. The van der Waals surface area contributed by atoms with Gasteiger partial charge in [-0.1, -0.05) is 13.2 Å². The van der Waals surface area contributed by atoms with Crippen LogP contribution in [-0.2, 0) is 9.59 Å². The Balaban J connectivity index is 4.07. The number of hydrogen-bond donors (Lipinski definition) is 3. The molecular formula is C6H8N2O3. The highest BCUT2D eigenvalue weighted by Gasteiger charge is 2.08. The first-order valence-corrected chi connectivity index (χ1v) is 2.63. The average Bonchev–Trinajstić information content (AvgIpc) is 1.87. The Labute approximate surface area is 63.2 Å². The van der Waals surface area contributed by atoms with E-state index in [0.29, 0.717) is 0 Å². The van der Waals surface area contributed by atoms with E-state index in [0.717, 1.165) is 0 Å². The van der Waals surface area contributed by atoms with Crippen molar-refractivity contribution in [2.24, 2.45) is 5.73 Å². The highest BCUT2D eigenvalue weighted by Crippen LogP contribution is 1.85. The van der Waals surface area contributed by atoms with Gasteiger partial charge < -0.3 is 16.2 Å². The molecule has 0 rings (SSSR count). The number of nitrogens with one attached hydrogen (secondary N) is 1. The molecule has 0 radical (unpaired) electrons. The molecule has 0 aliphatic rings. The number of carboxylic acid groups (broad SMARTS) is 1. The van der Waals surface area contributed by atoms with E-state index in [9.17, 15) is 9.59 Å². The lowest BCUT2D eigenvalue weighted by Gasteiger charge is -2.01. The smallest absolute Gasteiger partial charge is 0.351 e. The quantitative estimate of drug-likeness (QED) is 0.465. The van der Waals surface area contributed by atoms with Crippen molar-refractivity contribution in [3.8, 4) is 0 Å². The number of amides is 1. The lowest BCUT2D eigenvalue weighted by molar-refractivity contribution is -0.134. The minimum absolute atomic E-state index is 0.257. The van der Waals surface area contributed by atoms with Crippen molar-refractivity contribution in [3.63, 3.8) is 0 Å². The normalized spacial score (nSPS) is 8.36. The van der Waals surface area contributed by atoms with E-state index in [1.165, 1.54) is 0 Å². The van der Waals surface area contributed by atoms with Crippen molar-refractivity contribution in [1.29, 1.82) is 0 Å². The van der Waals surface area contributed by atoms with Gasteiger partial charge in [0.05, 0.1) is 5.70 Å². The van der Waals surface area contributed by atoms with Gasteiger partial charge in [-0.3, -0.25) is 4.79 Å². The first-order valence-electron chi connectivity index (χ1n) is 2.63. The molecule has 0 aliphatic carbocycles. The standard InChI is InChI=1S/C6H8N2O3/c1-3(7)5(9)8-4(2)6(10)11/h1-2,7H2,(H,8,9)(H,10,11). The van der Waals surface area contributed by atoms with Gasteiger partial charge in [0.1, 0.15) is 5.70 Å². The summed E-state index contributed by atoms with van der Waals surface area (Å²) in [5, 5.41) is 10.1. The van der Waals surface area contributed by atoms with E-state index in [1.807, 2.05) is 5.32 Å². The van der Waals surface area contributed by atoms with Crippen LogP contribution < -0.4 is 11.1 Å². The fourth-order valence-electron chi connectivity index (χ4n) is 0.271. The Morgan fingerprint density at radius 1 is 1.36 bits per heavy atom. The molecule has 0 bridgehead atoms. The largest absolute Gasteiger partial charge is 0.477 e. The van der Waals surface area contributed by atoms with Gasteiger partial charge in [-0.25, -0.2) is 4.79 Å². The Bertz CT molecular complexity index is 208. The zero-order valence-corrected chi connectivity index (χ0v) is 5.76. The number of rotatable bonds is 3. The van der Waals surface area contributed by atoms with Crippen molar-refractivity contribution in [2.45, 2.75) is 0 Å². The van der Waals surface area contributed by atoms with Gasteiger partial charge in [-0.05, 0) is 0 Å². The molecule has 0 aromatic heterocycles. The third kappa shape index (κ3) is 3.04. The third-order valence-electron chi connectivity index (χ3n) is 0.814. The second kappa shape index (κ2) is 3.40. The molecule has 60 valence electrons. The van der Waals surface area contributed by atoms with Crippen LogP contribution in [0.1, 0.15) is 0 Å².